The first kappa shape index (κ1) is 24.9. The maximum absolute atomic E-state index is 12.8. The summed E-state index contributed by atoms with van der Waals surface area (Å²) >= 11 is 10.2. The van der Waals surface area contributed by atoms with Crippen LogP contribution in [0.3, 0.4) is 0 Å². The summed E-state index contributed by atoms with van der Waals surface area (Å²) in [5, 5.41) is 2.91. The molecule has 178 valence electrons. The van der Waals surface area contributed by atoms with Gasteiger partial charge >= 0.3 is 0 Å². The van der Waals surface area contributed by atoms with Crippen molar-refractivity contribution in [1.82, 2.24) is 4.90 Å². The van der Waals surface area contributed by atoms with Crippen molar-refractivity contribution < 1.29 is 19.1 Å². The van der Waals surface area contributed by atoms with E-state index in [1.54, 1.807) is 17.0 Å². The van der Waals surface area contributed by atoms with E-state index in [0.717, 1.165) is 46.3 Å². The summed E-state index contributed by atoms with van der Waals surface area (Å²) in [6.45, 7) is 5.05. The highest BCUT2D eigenvalue weighted by molar-refractivity contribution is 9.10. The van der Waals surface area contributed by atoms with Crippen LogP contribution in [0.5, 0.6) is 5.75 Å². The second kappa shape index (κ2) is 11.0. The van der Waals surface area contributed by atoms with Crippen LogP contribution >= 0.6 is 39.9 Å². The van der Waals surface area contributed by atoms with Gasteiger partial charge in [-0.2, -0.15) is 0 Å². The lowest BCUT2D eigenvalue weighted by Crippen LogP contribution is -2.35. The molecule has 2 aromatic carbocycles. The van der Waals surface area contributed by atoms with E-state index in [4.69, 9.17) is 21.7 Å². The molecule has 6 nitrogen and oxygen atoms in total. The largest absolute Gasteiger partial charge is 0.484 e. The molecule has 1 atom stereocenters. The Hall–Kier alpha value is -2.20. The van der Waals surface area contributed by atoms with E-state index >= 15 is 0 Å². The predicted octanol–water partition coefficient (Wildman–Crippen LogP) is 5.46. The zero-order chi connectivity index (χ0) is 24.2. The van der Waals surface area contributed by atoms with Crippen molar-refractivity contribution in [2.45, 2.75) is 32.8 Å². The van der Waals surface area contributed by atoms with Crippen molar-refractivity contribution >= 4 is 67.8 Å². The lowest BCUT2D eigenvalue weighted by Gasteiger charge is -2.18. The Bertz CT molecular complexity index is 1120. The lowest BCUT2D eigenvalue weighted by molar-refractivity contribution is -0.123. The van der Waals surface area contributed by atoms with Crippen molar-refractivity contribution in [2.75, 3.05) is 25.1 Å². The monoisotopic (exact) mass is 560 g/mol. The van der Waals surface area contributed by atoms with Gasteiger partial charge in [0.15, 0.2) is 6.61 Å². The third-order valence-corrected chi connectivity index (χ3v) is 7.43. The van der Waals surface area contributed by atoms with Gasteiger partial charge in [-0.25, -0.2) is 0 Å². The van der Waals surface area contributed by atoms with Gasteiger partial charge in [0.05, 0.1) is 17.6 Å². The van der Waals surface area contributed by atoms with Gasteiger partial charge in [-0.1, -0.05) is 52.0 Å². The molecule has 2 aromatic rings. The van der Waals surface area contributed by atoms with Crippen LogP contribution in [0.25, 0.3) is 6.08 Å². The minimum absolute atomic E-state index is 0.0621. The molecule has 4 rings (SSSR count). The first-order chi connectivity index (χ1) is 16.3. The summed E-state index contributed by atoms with van der Waals surface area (Å²) in [5.41, 5.74) is 3.61. The number of thiocarbonyl (C=S) groups is 1. The Balaban J connectivity index is 1.32. The maximum Gasteiger partial charge on any atom is 0.266 e. The summed E-state index contributed by atoms with van der Waals surface area (Å²) < 4.78 is 12.8. The fourth-order valence-corrected chi connectivity index (χ4v) is 5.86. The number of carbonyl (C=O) groups is 2. The molecule has 2 aliphatic heterocycles. The third-order valence-electron chi connectivity index (χ3n) is 5.59. The van der Waals surface area contributed by atoms with Gasteiger partial charge in [-0.05, 0) is 73.7 Å². The quantitative estimate of drug-likeness (QED) is 0.358. The molecule has 0 spiro atoms. The number of halogens is 1. The number of nitrogens with one attached hydrogen (secondary N) is 1. The average Bonchev–Trinajstić information content (AvgIpc) is 3.40. The maximum atomic E-state index is 12.8. The topological polar surface area (TPSA) is 67.9 Å². The Morgan fingerprint density at radius 1 is 1.29 bits per heavy atom. The number of aryl methyl sites for hydroxylation is 2. The van der Waals surface area contributed by atoms with E-state index in [2.05, 4.69) is 21.2 Å². The Labute approximate surface area is 217 Å². The van der Waals surface area contributed by atoms with E-state index in [-0.39, 0.29) is 24.5 Å². The summed E-state index contributed by atoms with van der Waals surface area (Å²) in [7, 11) is 0. The predicted molar refractivity (Wildman–Crippen MR) is 143 cm³/mol. The van der Waals surface area contributed by atoms with Crippen molar-refractivity contribution in [1.29, 1.82) is 0 Å². The number of ether oxygens (including phenoxy) is 2. The molecule has 0 radical (unpaired) electrons. The molecule has 0 unspecified atom stereocenters. The van der Waals surface area contributed by atoms with Crippen molar-refractivity contribution in [3.05, 3.63) is 62.5 Å². The number of hydrogen-bond donors (Lipinski definition) is 1. The molecule has 0 saturated carbocycles. The smallest absolute Gasteiger partial charge is 0.266 e. The van der Waals surface area contributed by atoms with Gasteiger partial charge in [-0.15, -0.1) is 0 Å². The van der Waals surface area contributed by atoms with E-state index in [9.17, 15) is 9.59 Å². The molecule has 2 fully saturated rings. The van der Waals surface area contributed by atoms with Gasteiger partial charge in [0.25, 0.3) is 11.8 Å². The van der Waals surface area contributed by atoms with E-state index < -0.39 is 0 Å². The van der Waals surface area contributed by atoms with Crippen LogP contribution in [0, 0.1) is 13.8 Å². The summed E-state index contributed by atoms with van der Waals surface area (Å²) in [6, 6.07) is 11.2. The highest BCUT2D eigenvalue weighted by atomic mass is 79.9. The highest BCUT2D eigenvalue weighted by Gasteiger charge is 2.34. The van der Waals surface area contributed by atoms with E-state index in [0.29, 0.717) is 21.5 Å². The van der Waals surface area contributed by atoms with Gasteiger partial charge < -0.3 is 14.8 Å². The van der Waals surface area contributed by atoms with Crippen LogP contribution in [0.4, 0.5) is 5.69 Å². The minimum Gasteiger partial charge on any atom is -0.484 e. The van der Waals surface area contributed by atoms with Crippen LogP contribution in [-0.4, -0.2) is 46.9 Å². The molecule has 2 saturated heterocycles. The number of benzene rings is 2. The van der Waals surface area contributed by atoms with Crippen LogP contribution in [0.15, 0.2) is 45.8 Å². The van der Waals surface area contributed by atoms with Crippen LogP contribution in [0.1, 0.15) is 29.5 Å². The molecule has 34 heavy (non-hydrogen) atoms. The second-order valence-corrected chi connectivity index (χ2v) is 10.8. The normalized spacial score (nSPS) is 19.2. The van der Waals surface area contributed by atoms with E-state index in [1.165, 1.54) is 11.8 Å². The summed E-state index contributed by atoms with van der Waals surface area (Å²) in [4.78, 5) is 27.4. The number of hydrogen-bond acceptors (Lipinski definition) is 6. The standard InChI is InChI=1S/C25H25BrN2O4S2/c1-15-10-18(26)11-16(2)23(15)27-22(29)14-32-19-7-5-17(6-8-19)12-21-24(30)28(25(33)34-21)13-20-4-3-9-31-20/h5-8,10-12,20H,3-4,9,13-14H2,1-2H3,(H,27,29)/b21-12-/t20-/m0/s1. The van der Waals surface area contributed by atoms with Gasteiger partial charge in [-0.3, -0.25) is 14.5 Å². The van der Waals surface area contributed by atoms with E-state index in [1.807, 2.05) is 44.2 Å². The molecule has 2 amide bonds. The number of nitrogens with zero attached hydrogens (tertiary/aromatic N) is 1. The average molecular weight is 562 g/mol. The lowest BCUT2D eigenvalue weighted by atomic mass is 10.1. The fraction of sp³-hybridized carbons (Fsp3) is 0.320. The number of anilines is 1. The molecule has 0 aromatic heterocycles. The molecular formula is C25H25BrN2O4S2. The highest BCUT2D eigenvalue weighted by Crippen LogP contribution is 2.33. The summed E-state index contributed by atoms with van der Waals surface area (Å²) in [6.07, 6.45) is 3.86. The van der Waals surface area contributed by atoms with Crippen LogP contribution < -0.4 is 10.1 Å². The van der Waals surface area contributed by atoms with Gasteiger partial charge in [0.2, 0.25) is 0 Å². The van der Waals surface area contributed by atoms with Gasteiger partial charge in [0.1, 0.15) is 10.1 Å². The Morgan fingerprint density at radius 2 is 2.00 bits per heavy atom. The summed E-state index contributed by atoms with van der Waals surface area (Å²) in [5.74, 6) is 0.260. The molecule has 2 heterocycles. The molecular weight excluding hydrogens is 536 g/mol. The van der Waals surface area contributed by atoms with Crippen LogP contribution in [0.2, 0.25) is 0 Å². The zero-order valence-electron chi connectivity index (χ0n) is 18.9. The zero-order valence-corrected chi connectivity index (χ0v) is 22.1. The molecule has 9 heteroatoms. The Morgan fingerprint density at radius 3 is 2.65 bits per heavy atom. The van der Waals surface area contributed by atoms with Crippen molar-refractivity contribution in [3.8, 4) is 5.75 Å². The van der Waals surface area contributed by atoms with Crippen molar-refractivity contribution in [3.63, 3.8) is 0 Å². The third kappa shape index (κ3) is 6.07. The first-order valence-corrected chi connectivity index (χ1v) is 13.0. The number of thioether (sulfide) groups is 1. The SMILES string of the molecule is Cc1cc(Br)cc(C)c1NC(=O)COc1ccc(/C=C2\SC(=S)N(C[C@@H]3CCCO3)C2=O)cc1. The van der Waals surface area contributed by atoms with Crippen LogP contribution in [-0.2, 0) is 14.3 Å². The van der Waals surface area contributed by atoms with Crippen molar-refractivity contribution in [2.24, 2.45) is 0 Å². The number of carbonyl (C=O) groups excluding carboxylic acids is 2. The fourth-order valence-electron chi connectivity index (χ4n) is 3.89. The molecule has 0 bridgehead atoms. The molecule has 2 aliphatic rings. The van der Waals surface area contributed by atoms with Gasteiger partial charge in [0, 0.05) is 16.8 Å². The molecule has 0 aliphatic carbocycles. The first-order valence-electron chi connectivity index (χ1n) is 11.0. The number of amides is 2. The minimum atomic E-state index is -0.229. The molecule has 1 N–H and O–H groups in total. The number of rotatable bonds is 7. The second-order valence-electron chi connectivity index (χ2n) is 8.25. The Kier molecular flexibility index (Phi) is 8.08.